The van der Waals surface area contributed by atoms with Gasteiger partial charge in [-0.15, -0.1) is 0 Å². The molecule has 0 N–H and O–H groups in total. The average Bonchev–Trinajstić information content (AvgIpc) is 2.48. The third-order valence-corrected chi connectivity index (χ3v) is 7.74. The molecule has 0 aromatic rings. The second-order valence-electron chi connectivity index (χ2n) is 6.48. The van der Waals surface area contributed by atoms with Crippen molar-refractivity contribution in [3.05, 3.63) is 20.6 Å². The standard InChI is InChI=1S/C12H17.3CH3.Ti/c1-3-11-9(2)8-10-6-4-5-7-12(10)11;;;;/h11H,3-7H2,1-2H3;3*1H3;. The van der Waals surface area contributed by atoms with Crippen molar-refractivity contribution >= 4 is 0 Å². The van der Waals surface area contributed by atoms with Crippen molar-refractivity contribution in [3.63, 3.8) is 0 Å². The molecular weight excluding hydrogens is 228 g/mol. The third kappa shape index (κ3) is 1.99. The molecule has 0 radical (unpaired) electrons. The van der Waals surface area contributed by atoms with Crippen LogP contribution in [0, 0.1) is 5.92 Å². The van der Waals surface area contributed by atoms with E-state index in [1.165, 1.54) is 32.1 Å². The Bertz CT molecular complexity index is 352. The Balaban J connectivity index is 2.48. The molecular formula is C15H26Ti. The van der Waals surface area contributed by atoms with Gasteiger partial charge in [0.1, 0.15) is 0 Å². The first kappa shape index (κ1) is 12.6. The molecule has 0 amide bonds. The van der Waals surface area contributed by atoms with Gasteiger partial charge in [-0.1, -0.05) is 0 Å². The Morgan fingerprint density at radius 3 is 2.31 bits per heavy atom. The van der Waals surface area contributed by atoms with Crippen molar-refractivity contribution in [2.45, 2.75) is 61.6 Å². The Morgan fingerprint density at radius 2 is 1.75 bits per heavy atom. The summed E-state index contributed by atoms with van der Waals surface area (Å²) in [7, 11) is 0. The molecule has 0 saturated heterocycles. The van der Waals surface area contributed by atoms with Gasteiger partial charge in [-0.2, -0.15) is 0 Å². The van der Waals surface area contributed by atoms with E-state index in [0.717, 1.165) is 5.92 Å². The number of hydrogen-bond acceptors (Lipinski definition) is 0. The van der Waals surface area contributed by atoms with Crippen LogP contribution in [0.2, 0.25) is 15.7 Å². The van der Waals surface area contributed by atoms with Gasteiger partial charge >= 0.3 is 105 Å². The molecule has 0 bridgehead atoms. The van der Waals surface area contributed by atoms with E-state index >= 15 is 0 Å². The average molecular weight is 254 g/mol. The first-order chi connectivity index (χ1) is 7.46. The SMILES string of the molecule is CCC1C(C)=[C]([Ti]([CH3])([CH3])[CH3])C2=C1CCCC2. The third-order valence-electron chi connectivity index (χ3n) is 4.31. The molecule has 0 spiro atoms. The van der Waals surface area contributed by atoms with E-state index in [2.05, 4.69) is 29.5 Å². The van der Waals surface area contributed by atoms with E-state index in [-0.39, 0.29) is 0 Å². The summed E-state index contributed by atoms with van der Waals surface area (Å²) in [5.41, 5.74) is 5.45. The van der Waals surface area contributed by atoms with Crippen LogP contribution in [0.1, 0.15) is 46.0 Å². The molecule has 0 fully saturated rings. The predicted molar refractivity (Wildman–Crippen MR) is 69.6 cm³/mol. The predicted octanol–water partition coefficient (Wildman–Crippen LogP) is 5.47. The molecule has 1 heteroatoms. The summed E-state index contributed by atoms with van der Waals surface area (Å²) in [5, 5.41) is 7.70. The van der Waals surface area contributed by atoms with E-state index in [1.54, 1.807) is 5.57 Å². The van der Waals surface area contributed by atoms with Crippen molar-refractivity contribution in [2.24, 2.45) is 5.92 Å². The monoisotopic (exact) mass is 254 g/mol. The van der Waals surface area contributed by atoms with Crippen LogP contribution in [0.3, 0.4) is 0 Å². The summed E-state index contributed by atoms with van der Waals surface area (Å²) in [5.74, 6) is 0.829. The summed E-state index contributed by atoms with van der Waals surface area (Å²) in [4.78, 5) is 0. The first-order valence-electron chi connectivity index (χ1n) is 6.90. The van der Waals surface area contributed by atoms with E-state index < -0.39 is 16.6 Å². The molecule has 16 heavy (non-hydrogen) atoms. The first-order valence-corrected chi connectivity index (χ1v) is 12.4. The molecule has 0 saturated carbocycles. The number of allylic oxidation sites excluding steroid dienone is 4. The van der Waals surface area contributed by atoms with Crippen LogP contribution in [0.25, 0.3) is 0 Å². The molecule has 1 atom stereocenters. The second kappa shape index (κ2) is 4.46. The molecule has 0 aliphatic heterocycles. The van der Waals surface area contributed by atoms with Gasteiger partial charge in [0.05, 0.1) is 0 Å². The van der Waals surface area contributed by atoms with E-state index in [9.17, 15) is 0 Å². The molecule has 1 unspecified atom stereocenters. The Labute approximate surface area is 105 Å². The van der Waals surface area contributed by atoms with Crippen LogP contribution >= 0.6 is 0 Å². The summed E-state index contributed by atoms with van der Waals surface area (Å²) in [6.45, 7) is 4.80. The summed E-state index contributed by atoms with van der Waals surface area (Å²) in [6, 6.07) is 0. The molecule has 0 nitrogen and oxygen atoms in total. The molecule has 0 aromatic carbocycles. The summed E-state index contributed by atoms with van der Waals surface area (Å²) in [6.07, 6.45) is 6.98. The fraction of sp³-hybridized carbons (Fsp3) is 0.733. The van der Waals surface area contributed by atoms with E-state index in [4.69, 9.17) is 0 Å². The fourth-order valence-electron chi connectivity index (χ4n) is 3.87. The Morgan fingerprint density at radius 1 is 1.12 bits per heavy atom. The van der Waals surface area contributed by atoms with Crippen molar-refractivity contribution < 1.29 is 16.6 Å². The van der Waals surface area contributed by atoms with Crippen LogP contribution in [0.4, 0.5) is 0 Å². The van der Waals surface area contributed by atoms with Crippen LogP contribution in [0.15, 0.2) is 20.6 Å². The zero-order valence-corrected chi connectivity index (χ0v) is 13.2. The topological polar surface area (TPSA) is 0 Å². The fourth-order valence-corrected chi connectivity index (χ4v) is 7.85. The second-order valence-corrected chi connectivity index (χ2v) is 14.3. The van der Waals surface area contributed by atoms with Gasteiger partial charge in [-0.05, 0) is 0 Å². The molecule has 2 rings (SSSR count). The van der Waals surface area contributed by atoms with Crippen LogP contribution in [-0.4, -0.2) is 0 Å². The van der Waals surface area contributed by atoms with Gasteiger partial charge in [-0.25, -0.2) is 0 Å². The van der Waals surface area contributed by atoms with Crippen molar-refractivity contribution in [2.75, 3.05) is 0 Å². The number of hydrogen-bond donors (Lipinski definition) is 0. The van der Waals surface area contributed by atoms with Crippen LogP contribution < -0.4 is 0 Å². The zero-order valence-electron chi connectivity index (χ0n) is 11.6. The van der Waals surface area contributed by atoms with Gasteiger partial charge < -0.3 is 0 Å². The van der Waals surface area contributed by atoms with E-state index in [0.29, 0.717) is 0 Å². The van der Waals surface area contributed by atoms with Crippen LogP contribution in [-0.2, 0) is 16.6 Å². The van der Waals surface area contributed by atoms with Crippen molar-refractivity contribution in [1.29, 1.82) is 0 Å². The molecule has 2 aliphatic carbocycles. The quantitative estimate of drug-likeness (QED) is 0.573. The van der Waals surface area contributed by atoms with Gasteiger partial charge in [0, 0.05) is 0 Å². The van der Waals surface area contributed by atoms with Crippen molar-refractivity contribution in [1.82, 2.24) is 0 Å². The number of rotatable bonds is 2. The van der Waals surface area contributed by atoms with Gasteiger partial charge in [0.25, 0.3) is 0 Å². The maximum absolute atomic E-state index is 2.57. The van der Waals surface area contributed by atoms with Gasteiger partial charge in [0.2, 0.25) is 0 Å². The van der Waals surface area contributed by atoms with Gasteiger partial charge in [0.15, 0.2) is 0 Å². The zero-order chi connectivity index (χ0) is 11.9. The Kier molecular flexibility index (Phi) is 3.53. The van der Waals surface area contributed by atoms with Gasteiger partial charge in [-0.3, -0.25) is 0 Å². The molecule has 0 aromatic heterocycles. The van der Waals surface area contributed by atoms with Crippen LogP contribution in [0.5, 0.6) is 0 Å². The minimum atomic E-state index is -1.65. The normalized spacial score (nSPS) is 26.4. The summed E-state index contributed by atoms with van der Waals surface area (Å²) >= 11 is -1.65. The van der Waals surface area contributed by atoms with Crippen molar-refractivity contribution in [3.8, 4) is 0 Å². The molecule has 90 valence electrons. The summed E-state index contributed by atoms with van der Waals surface area (Å²) < 4.78 is 1.89. The van der Waals surface area contributed by atoms with E-state index in [1.807, 2.05) is 15.0 Å². The maximum atomic E-state index is 2.57. The minimum absolute atomic E-state index is 0.829. The molecule has 0 heterocycles. The Hall–Kier alpha value is 0.194. The molecule has 2 aliphatic rings.